The third-order valence-electron chi connectivity index (χ3n) is 5.12. The van der Waals surface area contributed by atoms with Gasteiger partial charge in [0, 0.05) is 31.9 Å². The second-order valence-corrected chi connectivity index (χ2v) is 9.90. The van der Waals surface area contributed by atoms with E-state index in [-0.39, 0.29) is 17.7 Å². The summed E-state index contributed by atoms with van der Waals surface area (Å²) in [4.78, 5) is 15.0. The second-order valence-electron chi connectivity index (χ2n) is 6.86. The van der Waals surface area contributed by atoms with Gasteiger partial charge in [0.25, 0.3) is 5.91 Å². The van der Waals surface area contributed by atoms with Crippen molar-refractivity contribution in [3.63, 3.8) is 0 Å². The SMILES string of the molecule is CCS(=O)(=O)c1ccc(N2CCC(NC(=O)c3cc(Cl)c(Cl)n3C)CC2)cc1. The number of rotatable bonds is 5. The first-order chi connectivity index (χ1) is 13.2. The summed E-state index contributed by atoms with van der Waals surface area (Å²) in [7, 11) is -1.48. The van der Waals surface area contributed by atoms with E-state index in [1.54, 1.807) is 36.7 Å². The fourth-order valence-corrected chi connectivity index (χ4v) is 4.59. The first-order valence-electron chi connectivity index (χ1n) is 9.12. The number of nitrogens with one attached hydrogen (secondary N) is 1. The minimum absolute atomic E-state index is 0.0657. The molecule has 2 aromatic rings. The van der Waals surface area contributed by atoms with Crippen molar-refractivity contribution in [1.82, 2.24) is 9.88 Å². The van der Waals surface area contributed by atoms with E-state index in [9.17, 15) is 13.2 Å². The lowest BCUT2D eigenvalue weighted by Crippen LogP contribution is -2.45. The summed E-state index contributed by atoms with van der Waals surface area (Å²) in [5, 5.41) is 3.74. The third-order valence-corrected chi connectivity index (χ3v) is 7.71. The van der Waals surface area contributed by atoms with Crippen LogP contribution in [0.5, 0.6) is 0 Å². The molecule has 1 amide bonds. The molecule has 0 spiro atoms. The topological polar surface area (TPSA) is 71.4 Å². The van der Waals surface area contributed by atoms with Gasteiger partial charge in [-0.3, -0.25) is 4.79 Å². The number of carbonyl (C=O) groups excluding carboxylic acids is 1. The summed E-state index contributed by atoms with van der Waals surface area (Å²) >= 11 is 12.0. The summed E-state index contributed by atoms with van der Waals surface area (Å²) in [6.45, 7) is 3.19. The molecule has 0 bridgehead atoms. The Labute approximate surface area is 175 Å². The maximum absolute atomic E-state index is 12.5. The molecule has 6 nitrogen and oxygen atoms in total. The van der Waals surface area contributed by atoms with Gasteiger partial charge in [0.2, 0.25) is 0 Å². The molecule has 28 heavy (non-hydrogen) atoms. The number of piperidine rings is 1. The Morgan fingerprint density at radius 2 is 1.79 bits per heavy atom. The van der Waals surface area contributed by atoms with Gasteiger partial charge in [0.15, 0.2) is 9.84 Å². The molecule has 2 heterocycles. The Morgan fingerprint density at radius 1 is 1.18 bits per heavy atom. The monoisotopic (exact) mass is 443 g/mol. The molecule has 1 aromatic carbocycles. The molecule has 1 aliphatic heterocycles. The summed E-state index contributed by atoms with van der Waals surface area (Å²) in [5.41, 5.74) is 1.42. The molecule has 1 N–H and O–H groups in total. The van der Waals surface area contributed by atoms with Gasteiger partial charge in [0.05, 0.1) is 15.7 Å². The largest absolute Gasteiger partial charge is 0.371 e. The van der Waals surface area contributed by atoms with E-state index in [0.717, 1.165) is 31.6 Å². The molecule has 9 heteroatoms. The molecule has 0 unspecified atom stereocenters. The number of carbonyl (C=O) groups is 1. The molecule has 152 valence electrons. The Kier molecular flexibility index (Phi) is 6.27. The van der Waals surface area contributed by atoms with Crippen molar-refractivity contribution >= 4 is 44.6 Å². The third kappa shape index (κ3) is 4.31. The summed E-state index contributed by atoms with van der Waals surface area (Å²) in [5.74, 6) is -0.0986. The number of benzene rings is 1. The molecule has 0 aliphatic carbocycles. The minimum atomic E-state index is -3.19. The van der Waals surface area contributed by atoms with Gasteiger partial charge in [-0.25, -0.2) is 8.42 Å². The number of nitrogens with zero attached hydrogens (tertiary/aromatic N) is 2. The fourth-order valence-electron chi connectivity index (χ4n) is 3.33. The van der Waals surface area contributed by atoms with Crippen LogP contribution in [0.2, 0.25) is 10.2 Å². The van der Waals surface area contributed by atoms with Crippen molar-refractivity contribution in [3.8, 4) is 0 Å². The zero-order valence-electron chi connectivity index (χ0n) is 15.8. The van der Waals surface area contributed by atoms with E-state index in [1.807, 2.05) is 12.1 Å². The van der Waals surface area contributed by atoms with Crippen LogP contribution < -0.4 is 10.2 Å². The van der Waals surface area contributed by atoms with Crippen molar-refractivity contribution in [2.75, 3.05) is 23.7 Å². The first kappa shape index (κ1) is 21.0. The smallest absolute Gasteiger partial charge is 0.268 e. The van der Waals surface area contributed by atoms with Gasteiger partial charge in [-0.1, -0.05) is 30.1 Å². The van der Waals surface area contributed by atoms with Gasteiger partial charge in [0.1, 0.15) is 10.8 Å². The van der Waals surface area contributed by atoms with Crippen LogP contribution in [0.15, 0.2) is 35.2 Å². The lowest BCUT2D eigenvalue weighted by Gasteiger charge is -2.34. The Morgan fingerprint density at radius 3 is 2.29 bits per heavy atom. The van der Waals surface area contributed by atoms with E-state index in [4.69, 9.17) is 23.2 Å². The predicted molar refractivity (Wildman–Crippen MR) is 112 cm³/mol. The molecular formula is C19H23Cl2N3O3S. The molecule has 3 rings (SSSR count). The lowest BCUT2D eigenvalue weighted by atomic mass is 10.0. The van der Waals surface area contributed by atoms with Crippen LogP contribution in [-0.2, 0) is 16.9 Å². The fraction of sp³-hybridized carbons (Fsp3) is 0.421. The molecule has 0 saturated carbocycles. The molecule has 1 aliphatic rings. The zero-order chi connectivity index (χ0) is 20.5. The number of halogens is 2. The van der Waals surface area contributed by atoms with Crippen LogP contribution in [0.1, 0.15) is 30.3 Å². The number of hydrogen-bond donors (Lipinski definition) is 1. The number of anilines is 1. The summed E-state index contributed by atoms with van der Waals surface area (Å²) in [6.07, 6.45) is 1.60. The zero-order valence-corrected chi connectivity index (χ0v) is 18.1. The lowest BCUT2D eigenvalue weighted by molar-refractivity contribution is 0.0923. The average molecular weight is 444 g/mol. The highest BCUT2D eigenvalue weighted by Crippen LogP contribution is 2.26. The van der Waals surface area contributed by atoms with E-state index in [2.05, 4.69) is 10.2 Å². The maximum atomic E-state index is 12.5. The van der Waals surface area contributed by atoms with Crippen molar-refractivity contribution in [2.24, 2.45) is 7.05 Å². The van der Waals surface area contributed by atoms with E-state index >= 15 is 0 Å². The standard InChI is InChI=1S/C19H23Cl2N3O3S/c1-3-28(26,27)15-6-4-14(5-7-15)24-10-8-13(9-11-24)22-19(25)17-12-16(20)18(21)23(17)2/h4-7,12-13H,3,8-11H2,1-2H3,(H,22,25). The van der Waals surface area contributed by atoms with Gasteiger partial charge in [-0.2, -0.15) is 0 Å². The molecule has 1 saturated heterocycles. The van der Waals surface area contributed by atoms with Gasteiger partial charge < -0.3 is 14.8 Å². The van der Waals surface area contributed by atoms with E-state index in [1.165, 1.54) is 0 Å². The summed E-state index contributed by atoms with van der Waals surface area (Å²) < 4.78 is 25.4. The van der Waals surface area contributed by atoms with Gasteiger partial charge >= 0.3 is 0 Å². The Bertz CT molecular complexity index is 963. The van der Waals surface area contributed by atoms with Crippen LogP contribution in [0.3, 0.4) is 0 Å². The highest BCUT2D eigenvalue weighted by atomic mass is 35.5. The minimum Gasteiger partial charge on any atom is -0.371 e. The van der Waals surface area contributed by atoms with Crippen LogP contribution >= 0.6 is 23.2 Å². The van der Waals surface area contributed by atoms with Crippen LogP contribution in [-0.4, -0.2) is 43.8 Å². The van der Waals surface area contributed by atoms with Crippen molar-refractivity contribution in [1.29, 1.82) is 0 Å². The van der Waals surface area contributed by atoms with Gasteiger partial charge in [-0.15, -0.1) is 0 Å². The number of sulfone groups is 1. The van der Waals surface area contributed by atoms with Crippen LogP contribution in [0.25, 0.3) is 0 Å². The number of amides is 1. The first-order valence-corrected chi connectivity index (χ1v) is 11.5. The molecular weight excluding hydrogens is 421 g/mol. The van der Waals surface area contributed by atoms with Crippen molar-refractivity contribution in [3.05, 3.63) is 46.2 Å². The van der Waals surface area contributed by atoms with Crippen LogP contribution in [0, 0.1) is 0 Å². The normalized spacial score (nSPS) is 15.6. The summed E-state index contributed by atoms with van der Waals surface area (Å²) in [6, 6.07) is 8.64. The Balaban J connectivity index is 1.58. The number of hydrogen-bond acceptors (Lipinski definition) is 4. The molecule has 0 radical (unpaired) electrons. The highest BCUT2D eigenvalue weighted by molar-refractivity contribution is 7.91. The Hall–Kier alpha value is -1.70. The quantitative estimate of drug-likeness (QED) is 0.766. The van der Waals surface area contributed by atoms with E-state index in [0.29, 0.717) is 20.8 Å². The highest BCUT2D eigenvalue weighted by Gasteiger charge is 2.24. The molecule has 1 aromatic heterocycles. The molecule has 1 fully saturated rings. The predicted octanol–water partition coefficient (Wildman–Crippen LogP) is 3.52. The average Bonchev–Trinajstić information content (AvgIpc) is 2.96. The van der Waals surface area contributed by atoms with E-state index < -0.39 is 9.84 Å². The second kappa shape index (κ2) is 8.35. The van der Waals surface area contributed by atoms with Crippen molar-refractivity contribution < 1.29 is 13.2 Å². The number of aromatic nitrogens is 1. The van der Waals surface area contributed by atoms with Gasteiger partial charge in [-0.05, 0) is 43.2 Å². The van der Waals surface area contributed by atoms with Crippen LogP contribution in [0.4, 0.5) is 5.69 Å². The molecule has 0 atom stereocenters. The maximum Gasteiger partial charge on any atom is 0.268 e. The van der Waals surface area contributed by atoms with Crippen molar-refractivity contribution in [2.45, 2.75) is 30.7 Å².